The average Bonchev–Trinajstić information content (AvgIpc) is 2.21. The first-order valence-corrected chi connectivity index (χ1v) is 5.98. The average molecular weight is 236 g/mol. The van der Waals surface area contributed by atoms with Crippen molar-refractivity contribution in [1.29, 1.82) is 0 Å². The van der Waals surface area contributed by atoms with E-state index in [1.54, 1.807) is 6.20 Å². The molecule has 0 bridgehead atoms. The largest absolute Gasteiger partial charge is 0.469 e. The Morgan fingerprint density at radius 1 is 1.47 bits per heavy atom. The van der Waals surface area contributed by atoms with Crippen LogP contribution in [-0.4, -0.2) is 29.8 Å². The quantitative estimate of drug-likeness (QED) is 0.865. The fraction of sp³-hybridized carbons (Fsp3) is 0.615. The van der Waals surface area contributed by atoms with Crippen molar-refractivity contribution in [2.24, 2.45) is 0 Å². The Bertz CT molecular complexity index is 370. The smallest absolute Gasteiger partial charge is 0.218 e. The van der Waals surface area contributed by atoms with Crippen LogP contribution in [0.3, 0.4) is 0 Å². The first-order chi connectivity index (χ1) is 8.04. The number of pyridine rings is 1. The third-order valence-corrected chi connectivity index (χ3v) is 2.54. The van der Waals surface area contributed by atoms with Crippen LogP contribution in [0, 0.1) is 0 Å². The van der Waals surface area contributed by atoms with Gasteiger partial charge in [-0.2, -0.15) is 0 Å². The number of aromatic nitrogens is 1. The molecule has 0 unspecified atom stereocenters. The lowest BCUT2D eigenvalue weighted by molar-refractivity contribution is -0.0817. The second kappa shape index (κ2) is 5.02. The monoisotopic (exact) mass is 236 g/mol. The Morgan fingerprint density at radius 2 is 2.24 bits per heavy atom. The molecule has 0 radical (unpaired) electrons. The van der Waals surface area contributed by atoms with Gasteiger partial charge in [0.1, 0.15) is 6.10 Å². The molecule has 0 atom stereocenters. The fourth-order valence-corrected chi connectivity index (χ4v) is 1.47. The first-order valence-electron chi connectivity index (χ1n) is 5.98. The molecular weight excluding hydrogens is 216 g/mol. The molecule has 1 N–H and O–H groups in total. The van der Waals surface area contributed by atoms with Crippen LogP contribution in [0.25, 0.3) is 0 Å². The molecule has 1 fully saturated rings. The van der Waals surface area contributed by atoms with Crippen LogP contribution in [0.1, 0.15) is 26.3 Å². The lowest BCUT2D eigenvalue weighted by Gasteiger charge is -2.27. The summed E-state index contributed by atoms with van der Waals surface area (Å²) >= 11 is 0. The lowest BCUT2D eigenvalue weighted by atomic mass is 10.1. The molecule has 17 heavy (non-hydrogen) atoms. The van der Waals surface area contributed by atoms with Crippen molar-refractivity contribution in [2.45, 2.75) is 39.0 Å². The van der Waals surface area contributed by atoms with Crippen molar-refractivity contribution in [3.63, 3.8) is 0 Å². The molecule has 0 spiro atoms. The minimum absolute atomic E-state index is 0.0900. The maximum Gasteiger partial charge on any atom is 0.218 e. The van der Waals surface area contributed by atoms with Crippen LogP contribution in [0.5, 0.6) is 5.88 Å². The van der Waals surface area contributed by atoms with E-state index in [1.807, 2.05) is 12.1 Å². The van der Waals surface area contributed by atoms with Crippen molar-refractivity contribution in [3.8, 4) is 5.88 Å². The highest BCUT2D eigenvalue weighted by Gasteiger charge is 2.22. The predicted octanol–water partition coefficient (Wildman–Crippen LogP) is 1.75. The molecule has 1 aromatic heterocycles. The molecule has 0 aliphatic carbocycles. The second-order valence-electron chi connectivity index (χ2n) is 5.35. The number of nitrogens with one attached hydrogen (secondary N) is 1. The summed E-state index contributed by atoms with van der Waals surface area (Å²) in [5.41, 5.74) is 1.18. The summed E-state index contributed by atoms with van der Waals surface area (Å²) in [5.74, 6) is 0.720. The van der Waals surface area contributed by atoms with Crippen LogP contribution in [0.15, 0.2) is 18.3 Å². The van der Waals surface area contributed by atoms with E-state index in [1.165, 1.54) is 0 Å². The van der Waals surface area contributed by atoms with Crippen molar-refractivity contribution in [3.05, 3.63) is 23.9 Å². The number of nitrogens with zero attached hydrogens (tertiary/aromatic N) is 1. The van der Waals surface area contributed by atoms with Crippen LogP contribution >= 0.6 is 0 Å². The van der Waals surface area contributed by atoms with Gasteiger partial charge in [-0.05, 0) is 26.8 Å². The van der Waals surface area contributed by atoms with Gasteiger partial charge in [0.25, 0.3) is 0 Å². The minimum atomic E-state index is 0.0900. The molecule has 2 heterocycles. The summed E-state index contributed by atoms with van der Waals surface area (Å²) in [7, 11) is 0. The Balaban J connectivity index is 1.99. The zero-order valence-electron chi connectivity index (χ0n) is 10.7. The highest BCUT2D eigenvalue weighted by Crippen LogP contribution is 2.19. The topological polar surface area (TPSA) is 43.4 Å². The standard InChI is InChI=1S/C13H20N2O2/c1-13(2,3)15-7-10-5-4-6-14-12(10)17-11-8-16-9-11/h4-6,11,15H,7-9H2,1-3H3. The Hall–Kier alpha value is -1.13. The molecule has 0 aromatic carbocycles. The maximum atomic E-state index is 5.77. The van der Waals surface area contributed by atoms with Gasteiger partial charge >= 0.3 is 0 Å². The van der Waals surface area contributed by atoms with E-state index in [0.29, 0.717) is 13.2 Å². The van der Waals surface area contributed by atoms with Gasteiger partial charge < -0.3 is 14.8 Å². The van der Waals surface area contributed by atoms with Gasteiger partial charge in [-0.3, -0.25) is 0 Å². The maximum absolute atomic E-state index is 5.77. The Labute approximate surface area is 102 Å². The molecule has 1 aliphatic heterocycles. The number of rotatable bonds is 4. The van der Waals surface area contributed by atoms with Gasteiger partial charge in [0.2, 0.25) is 5.88 Å². The van der Waals surface area contributed by atoms with Crippen molar-refractivity contribution < 1.29 is 9.47 Å². The summed E-state index contributed by atoms with van der Waals surface area (Å²) in [5, 5.41) is 3.44. The van der Waals surface area contributed by atoms with E-state index in [2.05, 4.69) is 31.1 Å². The molecule has 1 aliphatic rings. The Morgan fingerprint density at radius 3 is 2.82 bits per heavy atom. The van der Waals surface area contributed by atoms with Crippen LogP contribution in [0.4, 0.5) is 0 Å². The fourth-order valence-electron chi connectivity index (χ4n) is 1.47. The highest BCUT2D eigenvalue weighted by molar-refractivity contribution is 5.25. The van der Waals surface area contributed by atoms with Crippen LogP contribution in [-0.2, 0) is 11.3 Å². The zero-order valence-corrected chi connectivity index (χ0v) is 10.7. The lowest BCUT2D eigenvalue weighted by Crippen LogP contribution is -2.39. The molecule has 1 saturated heterocycles. The molecule has 1 aromatic rings. The number of hydrogen-bond acceptors (Lipinski definition) is 4. The van der Waals surface area contributed by atoms with Gasteiger partial charge in [0.15, 0.2) is 0 Å². The highest BCUT2D eigenvalue weighted by atomic mass is 16.6. The number of hydrogen-bond donors (Lipinski definition) is 1. The van der Waals surface area contributed by atoms with E-state index in [4.69, 9.17) is 9.47 Å². The molecule has 0 amide bonds. The van der Waals surface area contributed by atoms with Crippen molar-refractivity contribution in [2.75, 3.05) is 13.2 Å². The third-order valence-electron chi connectivity index (χ3n) is 2.54. The zero-order chi connectivity index (χ0) is 12.3. The Kier molecular flexibility index (Phi) is 3.64. The van der Waals surface area contributed by atoms with Gasteiger partial charge in [-0.25, -0.2) is 4.98 Å². The van der Waals surface area contributed by atoms with E-state index in [9.17, 15) is 0 Å². The predicted molar refractivity (Wildman–Crippen MR) is 66.1 cm³/mol. The second-order valence-corrected chi connectivity index (χ2v) is 5.35. The van der Waals surface area contributed by atoms with E-state index in [-0.39, 0.29) is 11.6 Å². The van der Waals surface area contributed by atoms with E-state index < -0.39 is 0 Å². The van der Waals surface area contributed by atoms with Crippen LogP contribution in [0.2, 0.25) is 0 Å². The molecule has 4 nitrogen and oxygen atoms in total. The van der Waals surface area contributed by atoms with E-state index >= 15 is 0 Å². The first kappa shape index (κ1) is 12.3. The van der Waals surface area contributed by atoms with Gasteiger partial charge in [-0.1, -0.05) is 6.07 Å². The summed E-state index contributed by atoms with van der Waals surface area (Å²) in [6.07, 6.45) is 1.92. The normalized spacial score (nSPS) is 16.6. The van der Waals surface area contributed by atoms with Gasteiger partial charge in [0, 0.05) is 23.8 Å². The third kappa shape index (κ3) is 3.68. The summed E-state index contributed by atoms with van der Waals surface area (Å²) in [4.78, 5) is 4.28. The van der Waals surface area contributed by atoms with Crippen molar-refractivity contribution in [1.82, 2.24) is 10.3 Å². The molecular formula is C13H20N2O2. The molecule has 94 valence electrons. The van der Waals surface area contributed by atoms with Crippen LogP contribution < -0.4 is 10.1 Å². The molecule has 4 heteroatoms. The molecule has 0 saturated carbocycles. The van der Waals surface area contributed by atoms with E-state index in [0.717, 1.165) is 18.0 Å². The van der Waals surface area contributed by atoms with Gasteiger partial charge in [0.05, 0.1) is 13.2 Å². The summed E-state index contributed by atoms with van der Waals surface area (Å²) in [6, 6.07) is 3.98. The van der Waals surface area contributed by atoms with Crippen molar-refractivity contribution >= 4 is 0 Å². The summed E-state index contributed by atoms with van der Waals surface area (Å²) in [6.45, 7) is 8.53. The number of ether oxygens (including phenoxy) is 2. The minimum Gasteiger partial charge on any atom is -0.469 e. The van der Waals surface area contributed by atoms with Gasteiger partial charge in [-0.15, -0.1) is 0 Å². The molecule has 2 rings (SSSR count). The summed E-state index contributed by atoms with van der Waals surface area (Å²) < 4.78 is 10.9. The SMILES string of the molecule is CC(C)(C)NCc1cccnc1OC1COC1.